The van der Waals surface area contributed by atoms with Crippen molar-refractivity contribution in [3.63, 3.8) is 0 Å². The molecule has 0 radical (unpaired) electrons. The van der Waals surface area contributed by atoms with E-state index in [9.17, 15) is 9.90 Å². The van der Waals surface area contributed by atoms with Crippen LogP contribution >= 0.6 is 0 Å². The number of morpholine rings is 1. The zero-order valence-corrected chi connectivity index (χ0v) is 17.2. The fourth-order valence-corrected chi connectivity index (χ4v) is 3.66. The van der Waals surface area contributed by atoms with Gasteiger partial charge in [0.05, 0.1) is 38.2 Å². The summed E-state index contributed by atoms with van der Waals surface area (Å²) in [7, 11) is 0. The Morgan fingerprint density at radius 2 is 2.10 bits per heavy atom. The molecule has 0 saturated carbocycles. The third-order valence-corrected chi connectivity index (χ3v) is 5.16. The number of aryl methyl sites for hydroxylation is 1. The molecule has 0 bridgehead atoms. The number of nitrogens with one attached hydrogen (secondary N) is 1. The number of hydrogen-bond acceptors (Lipinski definition) is 8. The monoisotopic (exact) mass is 410 g/mol. The molecule has 9 nitrogen and oxygen atoms in total. The molecule has 0 aliphatic carbocycles. The maximum atomic E-state index is 12.3. The number of hydrogen-bond donors (Lipinski definition) is 2. The standard InChI is InChI=1S/C21H26N6O3/c1-14-4-3-5-16(10-14)11-22-25-21-23-18-13-27(20(29)15(2)28)12-17(18)19(24-21)26-6-8-30-9-7-26/h3-5,10-11,15,28H,6-9,12-13H2,1-2H3,(H,23,24,25)/b22-11+. The molecule has 1 aromatic heterocycles. The van der Waals surface area contributed by atoms with Gasteiger partial charge in [-0.05, 0) is 19.4 Å². The van der Waals surface area contributed by atoms with Gasteiger partial charge in [-0.15, -0.1) is 0 Å². The van der Waals surface area contributed by atoms with E-state index < -0.39 is 6.10 Å². The molecule has 2 aliphatic heterocycles. The summed E-state index contributed by atoms with van der Waals surface area (Å²) in [5, 5.41) is 14.0. The molecule has 2 aromatic rings. The zero-order chi connectivity index (χ0) is 21.1. The molecule has 158 valence electrons. The van der Waals surface area contributed by atoms with Crippen LogP contribution in [0.5, 0.6) is 0 Å². The Labute approximate surface area is 175 Å². The number of fused-ring (bicyclic) bond motifs is 1. The lowest BCUT2D eigenvalue weighted by molar-refractivity contribution is -0.139. The summed E-state index contributed by atoms with van der Waals surface area (Å²) in [5.74, 6) is 0.857. The molecule has 1 amide bonds. The van der Waals surface area contributed by atoms with E-state index in [0.717, 1.165) is 41.3 Å². The molecule has 2 N–H and O–H groups in total. The molecule has 1 saturated heterocycles. The van der Waals surface area contributed by atoms with Crippen LogP contribution in [0.4, 0.5) is 11.8 Å². The molecule has 4 rings (SSSR count). The lowest BCUT2D eigenvalue weighted by Gasteiger charge is -2.29. The summed E-state index contributed by atoms with van der Waals surface area (Å²) in [6.45, 7) is 6.94. The minimum Gasteiger partial charge on any atom is -0.384 e. The first-order valence-corrected chi connectivity index (χ1v) is 10.1. The first-order valence-electron chi connectivity index (χ1n) is 10.1. The van der Waals surface area contributed by atoms with Crippen molar-refractivity contribution in [3.05, 3.63) is 46.6 Å². The lowest BCUT2D eigenvalue weighted by Crippen LogP contribution is -2.38. The van der Waals surface area contributed by atoms with Crippen molar-refractivity contribution in [1.82, 2.24) is 14.9 Å². The van der Waals surface area contributed by atoms with Crippen LogP contribution < -0.4 is 10.3 Å². The van der Waals surface area contributed by atoms with E-state index in [1.807, 2.05) is 31.2 Å². The molecule has 9 heteroatoms. The lowest BCUT2D eigenvalue weighted by atomic mass is 10.2. The second-order valence-corrected chi connectivity index (χ2v) is 7.55. The normalized spacial score (nSPS) is 17.3. The maximum absolute atomic E-state index is 12.3. The van der Waals surface area contributed by atoms with Crippen molar-refractivity contribution in [1.29, 1.82) is 0 Å². The van der Waals surface area contributed by atoms with Crippen molar-refractivity contribution in [2.24, 2.45) is 5.10 Å². The van der Waals surface area contributed by atoms with E-state index >= 15 is 0 Å². The van der Waals surface area contributed by atoms with Crippen LogP contribution in [0.3, 0.4) is 0 Å². The molecule has 0 spiro atoms. The van der Waals surface area contributed by atoms with Crippen molar-refractivity contribution in [3.8, 4) is 0 Å². The van der Waals surface area contributed by atoms with E-state index in [-0.39, 0.29) is 5.91 Å². The van der Waals surface area contributed by atoms with Gasteiger partial charge in [0.15, 0.2) is 0 Å². The minimum absolute atomic E-state index is 0.312. The Bertz CT molecular complexity index is 956. The van der Waals surface area contributed by atoms with Crippen LogP contribution in [0.1, 0.15) is 29.3 Å². The largest absolute Gasteiger partial charge is 0.384 e. The fourth-order valence-electron chi connectivity index (χ4n) is 3.66. The van der Waals surface area contributed by atoms with Gasteiger partial charge in [-0.1, -0.05) is 29.8 Å². The maximum Gasteiger partial charge on any atom is 0.251 e. The van der Waals surface area contributed by atoms with Crippen molar-refractivity contribution < 1.29 is 14.6 Å². The summed E-state index contributed by atoms with van der Waals surface area (Å²) < 4.78 is 5.46. The minimum atomic E-state index is -1.05. The summed E-state index contributed by atoms with van der Waals surface area (Å²) in [6, 6.07) is 8.02. The zero-order valence-electron chi connectivity index (χ0n) is 17.2. The van der Waals surface area contributed by atoms with Gasteiger partial charge in [-0.2, -0.15) is 10.1 Å². The number of benzene rings is 1. The Morgan fingerprint density at radius 1 is 1.30 bits per heavy atom. The number of carbonyl (C=O) groups is 1. The number of ether oxygens (including phenoxy) is 1. The van der Waals surface area contributed by atoms with Crippen LogP contribution in [-0.4, -0.2) is 64.5 Å². The number of carbonyl (C=O) groups excluding carboxylic acids is 1. The van der Waals surface area contributed by atoms with Crippen LogP contribution in [0.15, 0.2) is 29.4 Å². The number of hydrazone groups is 1. The Balaban J connectivity index is 1.59. The number of rotatable bonds is 5. The predicted octanol–water partition coefficient (Wildman–Crippen LogP) is 1.29. The van der Waals surface area contributed by atoms with Crippen LogP contribution in [-0.2, 0) is 22.6 Å². The van der Waals surface area contributed by atoms with Crippen LogP contribution in [0.2, 0.25) is 0 Å². The molecule has 1 fully saturated rings. The summed E-state index contributed by atoms with van der Waals surface area (Å²) in [6.07, 6.45) is 0.678. The molecule has 1 aromatic carbocycles. The van der Waals surface area contributed by atoms with Gasteiger partial charge < -0.3 is 19.6 Å². The van der Waals surface area contributed by atoms with Gasteiger partial charge in [0.2, 0.25) is 5.95 Å². The molecular weight excluding hydrogens is 384 g/mol. The Morgan fingerprint density at radius 3 is 2.83 bits per heavy atom. The van der Waals surface area contributed by atoms with Gasteiger partial charge in [0, 0.05) is 18.7 Å². The second kappa shape index (κ2) is 8.76. The SMILES string of the molecule is Cc1cccc(/C=N/Nc2nc3c(c(N4CCOCC4)n2)CN(C(=O)C(C)O)C3)c1. The molecule has 1 atom stereocenters. The molecule has 1 unspecified atom stereocenters. The summed E-state index contributed by atoms with van der Waals surface area (Å²) in [4.78, 5) is 25.3. The average Bonchev–Trinajstić information content (AvgIpc) is 3.17. The Hall–Kier alpha value is -3.04. The number of nitrogens with zero attached hydrogens (tertiary/aromatic N) is 5. The highest BCUT2D eigenvalue weighted by Crippen LogP contribution is 2.31. The smallest absolute Gasteiger partial charge is 0.251 e. The van der Waals surface area contributed by atoms with Crippen LogP contribution in [0.25, 0.3) is 0 Å². The number of anilines is 2. The third kappa shape index (κ3) is 4.42. The van der Waals surface area contributed by atoms with Gasteiger partial charge in [-0.25, -0.2) is 10.4 Å². The van der Waals surface area contributed by atoms with Gasteiger partial charge in [0.1, 0.15) is 11.9 Å². The quantitative estimate of drug-likeness (QED) is 0.566. The Kier molecular flexibility index (Phi) is 5.91. The van der Waals surface area contributed by atoms with E-state index in [2.05, 4.69) is 25.4 Å². The number of aliphatic hydroxyl groups excluding tert-OH is 1. The van der Waals surface area contributed by atoms with Gasteiger partial charge >= 0.3 is 0 Å². The van der Waals surface area contributed by atoms with E-state index in [4.69, 9.17) is 4.74 Å². The molecule has 3 heterocycles. The fraction of sp³-hybridized carbons (Fsp3) is 0.429. The predicted molar refractivity (Wildman–Crippen MR) is 113 cm³/mol. The van der Waals surface area contributed by atoms with Gasteiger partial charge in [-0.3, -0.25) is 4.79 Å². The van der Waals surface area contributed by atoms with Gasteiger partial charge in [0.25, 0.3) is 5.91 Å². The average molecular weight is 410 g/mol. The third-order valence-electron chi connectivity index (χ3n) is 5.16. The topological polar surface area (TPSA) is 103 Å². The first-order chi connectivity index (χ1) is 14.5. The van der Waals surface area contributed by atoms with Crippen molar-refractivity contribution >= 4 is 23.9 Å². The van der Waals surface area contributed by atoms with Crippen molar-refractivity contribution in [2.75, 3.05) is 36.6 Å². The highest BCUT2D eigenvalue weighted by molar-refractivity contribution is 5.81. The summed E-state index contributed by atoms with van der Waals surface area (Å²) >= 11 is 0. The molecule has 30 heavy (non-hydrogen) atoms. The van der Waals surface area contributed by atoms with E-state index in [1.54, 1.807) is 11.1 Å². The molecule has 2 aliphatic rings. The van der Waals surface area contributed by atoms with E-state index in [0.29, 0.717) is 32.3 Å². The number of aliphatic hydroxyl groups is 1. The first kappa shape index (κ1) is 20.2. The second-order valence-electron chi connectivity index (χ2n) is 7.55. The highest BCUT2D eigenvalue weighted by Gasteiger charge is 2.32. The summed E-state index contributed by atoms with van der Waals surface area (Å²) in [5.41, 5.74) is 6.75. The van der Waals surface area contributed by atoms with E-state index in [1.165, 1.54) is 6.92 Å². The molecular formula is C21H26N6O3. The van der Waals surface area contributed by atoms with Crippen molar-refractivity contribution in [2.45, 2.75) is 33.0 Å². The highest BCUT2D eigenvalue weighted by atomic mass is 16.5. The number of amides is 1. The van der Waals surface area contributed by atoms with Crippen LogP contribution in [0, 0.1) is 6.92 Å². The number of aromatic nitrogens is 2.